The van der Waals surface area contributed by atoms with Crippen molar-refractivity contribution in [2.45, 2.75) is 6.92 Å². The van der Waals surface area contributed by atoms with E-state index >= 15 is 0 Å². The molecule has 3 aromatic rings. The number of ether oxygens (including phenoxy) is 3. The molecule has 0 unspecified atom stereocenters. The molecule has 1 N–H and O–H groups in total. The van der Waals surface area contributed by atoms with E-state index in [2.05, 4.69) is 36.7 Å². The maximum atomic E-state index is 11.3. The predicted molar refractivity (Wildman–Crippen MR) is 113 cm³/mol. The maximum Gasteiger partial charge on any atom is 0.343 e. The standard InChI is InChI=1S/C21H18BrN3O4/c1-12-4-5-16-17(6-12)25-21(24-16)14(10-23)7-13-8-18(27-2)19(9-15(13)22)29-11-20(26)28-3/h4-9H,11H2,1-3H3,(H,24,25). The Balaban J connectivity index is 1.98. The van der Waals surface area contributed by atoms with Crippen molar-refractivity contribution < 1.29 is 19.0 Å². The first kappa shape index (κ1) is 20.4. The number of halogens is 1. The van der Waals surface area contributed by atoms with E-state index in [1.807, 2.05) is 25.1 Å². The number of hydrogen-bond acceptors (Lipinski definition) is 6. The number of esters is 1. The van der Waals surface area contributed by atoms with Crippen LogP contribution < -0.4 is 9.47 Å². The smallest absolute Gasteiger partial charge is 0.343 e. The number of carbonyl (C=O) groups is 1. The third-order valence-corrected chi connectivity index (χ3v) is 4.86. The Hall–Kier alpha value is -3.31. The number of nitrogens with one attached hydrogen (secondary N) is 1. The Labute approximate surface area is 176 Å². The van der Waals surface area contributed by atoms with E-state index in [1.165, 1.54) is 14.2 Å². The Morgan fingerprint density at radius 2 is 2.07 bits per heavy atom. The van der Waals surface area contributed by atoms with Crippen molar-refractivity contribution in [1.82, 2.24) is 9.97 Å². The van der Waals surface area contributed by atoms with Crippen LogP contribution in [0.1, 0.15) is 17.0 Å². The van der Waals surface area contributed by atoms with Crippen molar-refractivity contribution in [3.8, 4) is 17.6 Å². The van der Waals surface area contributed by atoms with Crippen LogP contribution in [0.15, 0.2) is 34.8 Å². The first-order chi connectivity index (χ1) is 13.9. The number of nitriles is 1. The number of methoxy groups -OCH3 is 2. The monoisotopic (exact) mass is 455 g/mol. The van der Waals surface area contributed by atoms with Crippen LogP contribution in [0.3, 0.4) is 0 Å². The Morgan fingerprint density at radius 3 is 2.76 bits per heavy atom. The molecule has 0 bridgehead atoms. The number of allylic oxidation sites excluding steroid dienone is 1. The minimum atomic E-state index is -0.501. The van der Waals surface area contributed by atoms with E-state index < -0.39 is 5.97 Å². The molecule has 2 aromatic carbocycles. The third kappa shape index (κ3) is 4.58. The Morgan fingerprint density at radius 1 is 1.28 bits per heavy atom. The van der Waals surface area contributed by atoms with Gasteiger partial charge in [0.1, 0.15) is 11.9 Å². The zero-order valence-electron chi connectivity index (χ0n) is 16.1. The number of carbonyl (C=O) groups excluding carboxylic acids is 1. The van der Waals surface area contributed by atoms with Crippen LogP contribution in [0.2, 0.25) is 0 Å². The van der Waals surface area contributed by atoms with Crippen molar-refractivity contribution in [2.75, 3.05) is 20.8 Å². The third-order valence-electron chi connectivity index (χ3n) is 4.17. The van der Waals surface area contributed by atoms with E-state index in [0.29, 0.717) is 32.9 Å². The molecule has 0 aliphatic carbocycles. The highest BCUT2D eigenvalue weighted by Crippen LogP contribution is 2.35. The second-order valence-electron chi connectivity index (χ2n) is 6.17. The van der Waals surface area contributed by atoms with Crippen LogP contribution in [0.5, 0.6) is 11.5 Å². The maximum absolute atomic E-state index is 11.3. The summed E-state index contributed by atoms with van der Waals surface area (Å²) in [6, 6.07) is 11.4. The summed E-state index contributed by atoms with van der Waals surface area (Å²) >= 11 is 3.47. The molecule has 0 saturated heterocycles. The van der Waals surface area contributed by atoms with Gasteiger partial charge >= 0.3 is 5.97 Å². The van der Waals surface area contributed by atoms with Crippen LogP contribution in [-0.4, -0.2) is 36.8 Å². The SMILES string of the molecule is COC(=O)COc1cc(Br)c(C=C(C#N)c2nc3ccc(C)cc3[nH]2)cc1OC. The first-order valence-electron chi connectivity index (χ1n) is 8.61. The van der Waals surface area contributed by atoms with Crippen molar-refractivity contribution in [3.63, 3.8) is 0 Å². The fourth-order valence-corrected chi connectivity index (χ4v) is 3.13. The molecule has 29 heavy (non-hydrogen) atoms. The minimum absolute atomic E-state index is 0.240. The molecule has 0 spiro atoms. The number of imidazole rings is 1. The molecule has 1 aromatic heterocycles. The van der Waals surface area contributed by atoms with Gasteiger partial charge in [-0.1, -0.05) is 22.0 Å². The molecular weight excluding hydrogens is 438 g/mol. The molecule has 1 heterocycles. The second-order valence-corrected chi connectivity index (χ2v) is 7.02. The molecule has 0 atom stereocenters. The second kappa shape index (κ2) is 8.80. The van der Waals surface area contributed by atoms with Crippen molar-refractivity contribution in [3.05, 3.63) is 51.8 Å². The fourth-order valence-electron chi connectivity index (χ4n) is 2.69. The molecule has 148 valence electrons. The zero-order chi connectivity index (χ0) is 21.0. The summed E-state index contributed by atoms with van der Waals surface area (Å²) in [6.07, 6.45) is 1.70. The number of rotatable bonds is 6. The number of aromatic amines is 1. The average Bonchev–Trinajstić information content (AvgIpc) is 3.13. The van der Waals surface area contributed by atoms with Gasteiger partial charge in [-0.05, 0) is 48.4 Å². The topological polar surface area (TPSA) is 97.2 Å². The minimum Gasteiger partial charge on any atom is -0.493 e. The summed E-state index contributed by atoms with van der Waals surface area (Å²) in [5.41, 5.74) is 3.81. The molecule has 0 fully saturated rings. The normalized spacial score (nSPS) is 11.2. The number of benzene rings is 2. The van der Waals surface area contributed by atoms with Gasteiger partial charge in [0.05, 0.1) is 30.8 Å². The van der Waals surface area contributed by atoms with E-state index in [-0.39, 0.29) is 6.61 Å². The van der Waals surface area contributed by atoms with Gasteiger partial charge in [-0.3, -0.25) is 0 Å². The summed E-state index contributed by atoms with van der Waals surface area (Å²) in [5, 5.41) is 9.66. The summed E-state index contributed by atoms with van der Waals surface area (Å²) in [7, 11) is 2.78. The summed E-state index contributed by atoms with van der Waals surface area (Å²) < 4.78 is 16.0. The van der Waals surface area contributed by atoms with Crippen LogP contribution in [0, 0.1) is 18.3 Å². The number of nitrogens with zero attached hydrogens (tertiary/aromatic N) is 2. The van der Waals surface area contributed by atoms with E-state index in [9.17, 15) is 10.1 Å². The van der Waals surface area contributed by atoms with Gasteiger partial charge in [0.25, 0.3) is 0 Å². The average molecular weight is 456 g/mol. The molecule has 0 aliphatic rings. The summed E-state index contributed by atoms with van der Waals surface area (Å²) in [6.45, 7) is 1.75. The summed E-state index contributed by atoms with van der Waals surface area (Å²) in [5.74, 6) is 0.768. The number of aromatic nitrogens is 2. The van der Waals surface area contributed by atoms with Crippen LogP contribution in [0.4, 0.5) is 0 Å². The largest absolute Gasteiger partial charge is 0.493 e. The highest BCUT2D eigenvalue weighted by Gasteiger charge is 2.14. The first-order valence-corrected chi connectivity index (χ1v) is 9.40. The van der Waals surface area contributed by atoms with Crippen molar-refractivity contribution >= 4 is 44.6 Å². The Bertz CT molecular complexity index is 1140. The highest BCUT2D eigenvalue weighted by atomic mass is 79.9. The molecule has 0 aliphatic heterocycles. The van der Waals surface area contributed by atoms with E-state index in [0.717, 1.165) is 16.6 Å². The molecule has 7 nitrogen and oxygen atoms in total. The van der Waals surface area contributed by atoms with Crippen LogP contribution in [0.25, 0.3) is 22.7 Å². The van der Waals surface area contributed by atoms with Gasteiger partial charge in [-0.25, -0.2) is 9.78 Å². The van der Waals surface area contributed by atoms with Gasteiger partial charge in [0.2, 0.25) is 0 Å². The molecule has 3 rings (SSSR count). The van der Waals surface area contributed by atoms with Crippen molar-refractivity contribution in [2.24, 2.45) is 0 Å². The van der Waals surface area contributed by atoms with Gasteiger partial charge in [-0.2, -0.15) is 5.26 Å². The van der Waals surface area contributed by atoms with Crippen LogP contribution in [-0.2, 0) is 9.53 Å². The molecule has 8 heteroatoms. The van der Waals surface area contributed by atoms with E-state index in [1.54, 1.807) is 18.2 Å². The predicted octanol–water partition coefficient (Wildman–Crippen LogP) is 4.26. The number of aryl methyl sites for hydroxylation is 1. The zero-order valence-corrected chi connectivity index (χ0v) is 17.7. The summed E-state index contributed by atoms with van der Waals surface area (Å²) in [4.78, 5) is 19.0. The van der Waals surface area contributed by atoms with Crippen molar-refractivity contribution in [1.29, 1.82) is 5.26 Å². The highest BCUT2D eigenvalue weighted by molar-refractivity contribution is 9.10. The molecule has 0 amide bonds. The lowest BCUT2D eigenvalue weighted by atomic mass is 10.1. The molecular formula is C21H18BrN3O4. The number of H-pyrrole nitrogens is 1. The number of hydrogen-bond donors (Lipinski definition) is 1. The van der Waals surface area contributed by atoms with Gasteiger partial charge in [0.15, 0.2) is 18.1 Å². The van der Waals surface area contributed by atoms with Gasteiger partial charge in [-0.15, -0.1) is 0 Å². The quantitative estimate of drug-likeness (QED) is 0.440. The lowest BCUT2D eigenvalue weighted by Crippen LogP contribution is -2.13. The fraction of sp³-hybridized carbons (Fsp3) is 0.190. The molecule has 0 saturated carbocycles. The van der Waals surface area contributed by atoms with Gasteiger partial charge < -0.3 is 19.2 Å². The lowest BCUT2D eigenvalue weighted by molar-refractivity contribution is -0.142. The number of fused-ring (bicyclic) bond motifs is 1. The molecule has 0 radical (unpaired) electrons. The van der Waals surface area contributed by atoms with E-state index in [4.69, 9.17) is 9.47 Å². The Kier molecular flexibility index (Phi) is 6.20. The lowest BCUT2D eigenvalue weighted by Gasteiger charge is -2.12. The van der Waals surface area contributed by atoms with Gasteiger partial charge in [0, 0.05) is 4.47 Å². The van der Waals surface area contributed by atoms with Crippen LogP contribution >= 0.6 is 15.9 Å².